The first-order valence-corrected chi connectivity index (χ1v) is 7.27. The summed E-state index contributed by atoms with van der Waals surface area (Å²) in [6, 6.07) is 9.71. The lowest BCUT2D eigenvalue weighted by Gasteiger charge is -2.38. The maximum Gasteiger partial charge on any atom is 0.410 e. The number of aliphatic hydroxyl groups is 1. The van der Waals surface area contributed by atoms with Crippen molar-refractivity contribution in [2.24, 2.45) is 11.3 Å². The van der Waals surface area contributed by atoms with Crippen LogP contribution >= 0.6 is 0 Å². The first-order chi connectivity index (χ1) is 9.71. The highest BCUT2D eigenvalue weighted by atomic mass is 16.6. The van der Waals surface area contributed by atoms with E-state index in [-0.39, 0.29) is 18.1 Å². The van der Waals surface area contributed by atoms with Crippen molar-refractivity contribution in [1.29, 1.82) is 0 Å². The maximum atomic E-state index is 12.2. The minimum atomic E-state index is -0.252. The first kappa shape index (κ1) is 13.4. The van der Waals surface area contributed by atoms with Crippen LogP contribution in [0.2, 0.25) is 0 Å². The van der Waals surface area contributed by atoms with Crippen molar-refractivity contribution in [2.45, 2.75) is 25.9 Å². The fourth-order valence-electron chi connectivity index (χ4n) is 3.55. The normalized spacial score (nSPS) is 28.4. The number of carbonyl (C=O) groups is 1. The molecule has 1 saturated carbocycles. The quantitative estimate of drug-likeness (QED) is 0.921. The Hall–Kier alpha value is -1.55. The summed E-state index contributed by atoms with van der Waals surface area (Å²) < 4.78 is 5.39. The number of rotatable bonds is 3. The zero-order valence-electron chi connectivity index (χ0n) is 11.6. The van der Waals surface area contributed by atoms with Gasteiger partial charge < -0.3 is 14.7 Å². The highest BCUT2D eigenvalue weighted by Crippen LogP contribution is 2.46. The SMILES string of the molecule is O=C(OCc1ccccc1)N1CC2CCC(CO)(C2)C1. The van der Waals surface area contributed by atoms with Crippen LogP contribution in [0.15, 0.2) is 30.3 Å². The molecule has 2 unspecified atom stereocenters. The number of hydrogen-bond donors (Lipinski definition) is 1. The second kappa shape index (κ2) is 5.44. The molecule has 3 rings (SSSR count). The summed E-state index contributed by atoms with van der Waals surface area (Å²) in [4.78, 5) is 13.9. The average Bonchev–Trinajstić information content (AvgIpc) is 2.81. The molecule has 0 radical (unpaired) electrons. The van der Waals surface area contributed by atoms with E-state index >= 15 is 0 Å². The van der Waals surface area contributed by atoms with E-state index < -0.39 is 0 Å². The number of amides is 1. The van der Waals surface area contributed by atoms with E-state index in [2.05, 4.69) is 0 Å². The monoisotopic (exact) mass is 275 g/mol. The molecule has 1 aliphatic heterocycles. The molecule has 1 saturated heterocycles. The van der Waals surface area contributed by atoms with Crippen LogP contribution in [0.4, 0.5) is 4.79 Å². The number of aliphatic hydroxyl groups excluding tert-OH is 1. The Balaban J connectivity index is 1.58. The lowest BCUT2D eigenvalue weighted by atomic mass is 9.83. The van der Waals surface area contributed by atoms with Crippen LogP contribution in [0.5, 0.6) is 0 Å². The summed E-state index contributed by atoms with van der Waals surface area (Å²) in [6.45, 7) is 1.89. The Labute approximate surface area is 119 Å². The molecule has 1 aromatic carbocycles. The van der Waals surface area contributed by atoms with Crippen LogP contribution < -0.4 is 0 Å². The van der Waals surface area contributed by atoms with Crippen molar-refractivity contribution in [1.82, 2.24) is 4.90 Å². The third-order valence-electron chi connectivity index (χ3n) is 4.61. The van der Waals surface area contributed by atoms with Crippen molar-refractivity contribution in [3.8, 4) is 0 Å². The molecule has 2 fully saturated rings. The van der Waals surface area contributed by atoms with Gasteiger partial charge in [-0.15, -0.1) is 0 Å². The van der Waals surface area contributed by atoms with Gasteiger partial charge in [-0.1, -0.05) is 30.3 Å². The van der Waals surface area contributed by atoms with Gasteiger partial charge in [-0.25, -0.2) is 4.79 Å². The largest absolute Gasteiger partial charge is 0.445 e. The van der Waals surface area contributed by atoms with Gasteiger partial charge in [0.25, 0.3) is 0 Å². The Bertz CT molecular complexity index is 476. The number of nitrogens with zero attached hydrogens (tertiary/aromatic N) is 1. The molecule has 20 heavy (non-hydrogen) atoms. The smallest absolute Gasteiger partial charge is 0.410 e. The molecule has 1 N–H and O–H groups in total. The lowest BCUT2D eigenvalue weighted by molar-refractivity contribution is 0.0288. The molecular weight excluding hydrogens is 254 g/mol. The molecule has 0 spiro atoms. The molecular formula is C16H21NO3. The van der Waals surface area contributed by atoms with Crippen molar-refractivity contribution >= 4 is 6.09 Å². The molecule has 4 nitrogen and oxygen atoms in total. The van der Waals surface area contributed by atoms with E-state index in [9.17, 15) is 9.90 Å². The van der Waals surface area contributed by atoms with E-state index in [4.69, 9.17) is 4.74 Å². The van der Waals surface area contributed by atoms with Crippen molar-refractivity contribution in [3.63, 3.8) is 0 Å². The van der Waals surface area contributed by atoms with Crippen LogP contribution in [0.3, 0.4) is 0 Å². The van der Waals surface area contributed by atoms with Gasteiger partial charge in [0.2, 0.25) is 0 Å². The Kier molecular flexibility index (Phi) is 3.66. The van der Waals surface area contributed by atoms with Gasteiger partial charge in [0.15, 0.2) is 0 Å². The summed E-state index contributed by atoms with van der Waals surface area (Å²) in [6.07, 6.45) is 2.93. The van der Waals surface area contributed by atoms with E-state index in [0.29, 0.717) is 19.1 Å². The molecule has 4 heteroatoms. The van der Waals surface area contributed by atoms with E-state index in [1.54, 1.807) is 4.90 Å². The van der Waals surface area contributed by atoms with Gasteiger partial charge in [0, 0.05) is 18.5 Å². The molecule has 2 bridgehead atoms. The van der Waals surface area contributed by atoms with E-state index in [1.807, 2.05) is 30.3 Å². The standard InChI is InChI=1S/C16H21NO3/c18-12-16-7-6-14(8-16)9-17(11-16)15(19)20-10-13-4-2-1-3-5-13/h1-5,14,18H,6-12H2. The molecule has 1 heterocycles. The summed E-state index contributed by atoms with van der Waals surface area (Å²) in [5.41, 5.74) is 0.923. The average molecular weight is 275 g/mol. The minimum Gasteiger partial charge on any atom is -0.445 e. The molecule has 108 valence electrons. The van der Waals surface area contributed by atoms with Crippen LogP contribution in [-0.2, 0) is 11.3 Å². The van der Waals surface area contributed by atoms with E-state index in [0.717, 1.165) is 31.4 Å². The molecule has 0 aromatic heterocycles. The van der Waals surface area contributed by atoms with E-state index in [1.165, 1.54) is 0 Å². The fourth-order valence-corrected chi connectivity index (χ4v) is 3.55. The topological polar surface area (TPSA) is 49.8 Å². The number of benzene rings is 1. The summed E-state index contributed by atoms with van der Waals surface area (Å²) >= 11 is 0. The van der Waals surface area contributed by atoms with Gasteiger partial charge in [-0.2, -0.15) is 0 Å². The Morgan fingerprint density at radius 2 is 2.20 bits per heavy atom. The minimum absolute atomic E-state index is 0.0747. The molecule has 1 aromatic rings. The number of carbonyl (C=O) groups excluding carboxylic acids is 1. The Morgan fingerprint density at radius 1 is 1.40 bits per heavy atom. The molecule has 2 aliphatic rings. The van der Waals surface area contributed by atoms with Crippen molar-refractivity contribution in [3.05, 3.63) is 35.9 Å². The highest BCUT2D eigenvalue weighted by Gasteiger charge is 2.46. The summed E-state index contributed by atoms with van der Waals surface area (Å²) in [7, 11) is 0. The molecule has 1 aliphatic carbocycles. The predicted octanol–water partition coefficient (Wildman–Crippen LogP) is 2.42. The summed E-state index contributed by atoms with van der Waals surface area (Å²) in [5, 5.41) is 9.60. The number of piperidine rings is 1. The van der Waals surface area contributed by atoms with Gasteiger partial charge >= 0.3 is 6.09 Å². The van der Waals surface area contributed by atoms with Gasteiger partial charge in [0.1, 0.15) is 6.61 Å². The second-order valence-corrected chi connectivity index (χ2v) is 6.19. The number of ether oxygens (including phenoxy) is 1. The second-order valence-electron chi connectivity index (χ2n) is 6.19. The van der Waals surface area contributed by atoms with Crippen molar-refractivity contribution < 1.29 is 14.6 Å². The van der Waals surface area contributed by atoms with Gasteiger partial charge in [-0.05, 0) is 30.7 Å². The van der Waals surface area contributed by atoms with Crippen LogP contribution in [-0.4, -0.2) is 35.8 Å². The van der Waals surface area contributed by atoms with Gasteiger partial charge in [0.05, 0.1) is 6.61 Å². The van der Waals surface area contributed by atoms with Crippen LogP contribution in [0.25, 0.3) is 0 Å². The maximum absolute atomic E-state index is 12.2. The zero-order valence-corrected chi connectivity index (χ0v) is 11.6. The molecule has 1 amide bonds. The third kappa shape index (κ3) is 2.66. The first-order valence-electron chi connectivity index (χ1n) is 7.27. The summed E-state index contributed by atoms with van der Waals surface area (Å²) in [5.74, 6) is 0.528. The third-order valence-corrected chi connectivity index (χ3v) is 4.61. The number of hydrogen-bond acceptors (Lipinski definition) is 3. The highest BCUT2D eigenvalue weighted by molar-refractivity contribution is 5.68. The van der Waals surface area contributed by atoms with Gasteiger partial charge in [-0.3, -0.25) is 0 Å². The van der Waals surface area contributed by atoms with Crippen molar-refractivity contribution in [2.75, 3.05) is 19.7 Å². The predicted molar refractivity (Wildman–Crippen MR) is 75.1 cm³/mol. The number of likely N-dealkylation sites (tertiary alicyclic amines) is 1. The Morgan fingerprint density at radius 3 is 2.95 bits per heavy atom. The fraction of sp³-hybridized carbons (Fsp3) is 0.562. The van der Waals surface area contributed by atoms with Crippen LogP contribution in [0.1, 0.15) is 24.8 Å². The zero-order chi connectivity index (χ0) is 14.0. The lowest BCUT2D eigenvalue weighted by Crippen LogP contribution is -2.47. The van der Waals surface area contributed by atoms with Crippen LogP contribution in [0, 0.1) is 11.3 Å². The molecule has 2 atom stereocenters. The number of fused-ring (bicyclic) bond motifs is 2.